The molecular weight excluding hydrogens is 176 g/mol. The lowest BCUT2D eigenvalue weighted by molar-refractivity contribution is -0.139. The van der Waals surface area contributed by atoms with Gasteiger partial charge in [0.25, 0.3) is 0 Å². The van der Waals surface area contributed by atoms with Crippen molar-refractivity contribution in [3.63, 3.8) is 0 Å². The summed E-state index contributed by atoms with van der Waals surface area (Å²) < 4.78 is 4.66. The fraction of sp³-hybridized carbons (Fsp3) is 0.714. The highest BCUT2D eigenvalue weighted by molar-refractivity contribution is 5.80. The molecule has 6 nitrogen and oxygen atoms in total. The summed E-state index contributed by atoms with van der Waals surface area (Å²) in [5, 5.41) is 10.6. The number of amides is 1. The second kappa shape index (κ2) is 5.36. The lowest BCUT2D eigenvalue weighted by Gasteiger charge is -2.13. The van der Waals surface area contributed by atoms with E-state index in [2.05, 4.69) is 10.1 Å². The van der Waals surface area contributed by atoms with Crippen LogP contribution in [0.3, 0.4) is 0 Å². The molecule has 4 N–H and O–H groups in total. The molecule has 0 unspecified atom stereocenters. The number of hydrogen-bond donors (Lipinski definition) is 3. The fourth-order valence-electron chi connectivity index (χ4n) is 0.612. The van der Waals surface area contributed by atoms with Gasteiger partial charge in [0.05, 0.1) is 6.10 Å². The summed E-state index contributed by atoms with van der Waals surface area (Å²) in [6, 6.07) is -1.09. The van der Waals surface area contributed by atoms with E-state index in [1.54, 1.807) is 13.8 Å². The van der Waals surface area contributed by atoms with E-state index in [1.165, 1.54) is 0 Å². The van der Waals surface area contributed by atoms with Crippen molar-refractivity contribution in [3.05, 3.63) is 0 Å². The minimum Gasteiger partial charge on any atom is -0.480 e. The van der Waals surface area contributed by atoms with Crippen LogP contribution in [0.15, 0.2) is 0 Å². The van der Waals surface area contributed by atoms with Crippen LogP contribution >= 0.6 is 0 Å². The van der Waals surface area contributed by atoms with E-state index in [0.717, 1.165) is 0 Å². The Morgan fingerprint density at radius 1 is 1.54 bits per heavy atom. The third-order valence-electron chi connectivity index (χ3n) is 1.17. The van der Waals surface area contributed by atoms with E-state index < -0.39 is 18.1 Å². The van der Waals surface area contributed by atoms with Crippen LogP contribution in [-0.4, -0.2) is 35.9 Å². The first kappa shape index (κ1) is 11.7. The van der Waals surface area contributed by atoms with Crippen molar-refractivity contribution in [1.82, 2.24) is 5.32 Å². The van der Waals surface area contributed by atoms with Gasteiger partial charge in [-0.2, -0.15) is 0 Å². The quantitative estimate of drug-likeness (QED) is 0.556. The van der Waals surface area contributed by atoms with Crippen LogP contribution in [0.2, 0.25) is 0 Å². The highest BCUT2D eigenvalue weighted by atomic mass is 16.6. The Kier molecular flexibility index (Phi) is 4.83. The fourth-order valence-corrected chi connectivity index (χ4v) is 0.612. The first-order valence-electron chi connectivity index (χ1n) is 3.87. The third-order valence-corrected chi connectivity index (χ3v) is 1.17. The molecular formula is C7H14N2O4. The first-order valence-corrected chi connectivity index (χ1v) is 3.87. The van der Waals surface area contributed by atoms with Crippen LogP contribution in [0.25, 0.3) is 0 Å². The molecule has 0 rings (SSSR count). The Balaban J connectivity index is 3.94. The van der Waals surface area contributed by atoms with E-state index >= 15 is 0 Å². The van der Waals surface area contributed by atoms with Gasteiger partial charge in [0.1, 0.15) is 6.04 Å². The lowest BCUT2D eigenvalue weighted by Crippen LogP contribution is -2.46. The standard InChI is InChI=1S/C7H14N2O4/c1-4(2)13-7(12)9-5(3-8)6(10)11/h4-5H,3,8H2,1-2H3,(H,9,12)(H,10,11)/t5-/m1/s1. The van der Waals surface area contributed by atoms with E-state index in [9.17, 15) is 9.59 Å². The molecule has 1 atom stereocenters. The van der Waals surface area contributed by atoms with Gasteiger partial charge in [-0.25, -0.2) is 9.59 Å². The molecule has 0 aliphatic heterocycles. The molecule has 13 heavy (non-hydrogen) atoms. The number of nitrogens with one attached hydrogen (secondary N) is 1. The van der Waals surface area contributed by atoms with E-state index in [1.807, 2.05) is 0 Å². The summed E-state index contributed by atoms with van der Waals surface area (Å²) in [6.45, 7) is 3.16. The van der Waals surface area contributed by atoms with Gasteiger partial charge < -0.3 is 20.9 Å². The number of rotatable bonds is 4. The molecule has 1 amide bonds. The minimum absolute atomic E-state index is 0.164. The number of nitrogens with two attached hydrogens (primary N) is 1. The Labute approximate surface area is 76.0 Å². The molecule has 0 aromatic heterocycles. The number of alkyl carbamates (subject to hydrolysis) is 1. The number of carbonyl (C=O) groups excluding carboxylic acids is 1. The SMILES string of the molecule is CC(C)OC(=O)N[C@H](CN)C(=O)O. The molecule has 6 heteroatoms. The highest BCUT2D eigenvalue weighted by Gasteiger charge is 2.18. The van der Waals surface area contributed by atoms with Crippen molar-refractivity contribution in [2.45, 2.75) is 26.0 Å². The van der Waals surface area contributed by atoms with Gasteiger partial charge >= 0.3 is 12.1 Å². The average molecular weight is 190 g/mol. The normalized spacial score (nSPS) is 12.3. The zero-order chi connectivity index (χ0) is 10.4. The Hall–Kier alpha value is -1.30. The van der Waals surface area contributed by atoms with Crippen molar-refractivity contribution in [2.24, 2.45) is 5.73 Å². The van der Waals surface area contributed by atoms with Crippen molar-refractivity contribution in [2.75, 3.05) is 6.54 Å². The third kappa shape index (κ3) is 5.02. The number of carboxylic acid groups (broad SMARTS) is 1. The van der Waals surface area contributed by atoms with Crippen LogP contribution in [0, 0.1) is 0 Å². The molecule has 0 aliphatic carbocycles. The maximum Gasteiger partial charge on any atom is 0.408 e. The summed E-state index contributed by atoms with van der Waals surface area (Å²) in [4.78, 5) is 21.3. The second-order valence-electron chi connectivity index (χ2n) is 2.72. The molecule has 0 radical (unpaired) electrons. The maximum atomic E-state index is 10.9. The summed E-state index contributed by atoms with van der Waals surface area (Å²) >= 11 is 0. The minimum atomic E-state index is -1.18. The zero-order valence-electron chi connectivity index (χ0n) is 7.61. The number of carboxylic acids is 1. The van der Waals surface area contributed by atoms with E-state index in [-0.39, 0.29) is 12.6 Å². The van der Waals surface area contributed by atoms with Gasteiger partial charge in [0.2, 0.25) is 0 Å². The van der Waals surface area contributed by atoms with Crippen molar-refractivity contribution >= 4 is 12.1 Å². The number of ether oxygens (including phenoxy) is 1. The Morgan fingerprint density at radius 2 is 2.08 bits per heavy atom. The Bertz CT molecular complexity index is 193. The van der Waals surface area contributed by atoms with Gasteiger partial charge in [-0.05, 0) is 13.8 Å². The van der Waals surface area contributed by atoms with Gasteiger partial charge in [-0.15, -0.1) is 0 Å². The lowest BCUT2D eigenvalue weighted by atomic mass is 10.3. The molecule has 0 heterocycles. The summed E-state index contributed by atoms with van der Waals surface area (Å²) in [5.41, 5.74) is 5.10. The number of carbonyl (C=O) groups is 2. The van der Waals surface area contributed by atoms with Crippen LogP contribution in [0.5, 0.6) is 0 Å². The van der Waals surface area contributed by atoms with Gasteiger partial charge in [-0.3, -0.25) is 0 Å². The smallest absolute Gasteiger partial charge is 0.408 e. The molecule has 0 aromatic rings. The second-order valence-corrected chi connectivity index (χ2v) is 2.72. The van der Waals surface area contributed by atoms with Crippen molar-refractivity contribution in [1.29, 1.82) is 0 Å². The molecule has 0 fully saturated rings. The molecule has 0 aliphatic rings. The monoisotopic (exact) mass is 190 g/mol. The molecule has 0 aromatic carbocycles. The highest BCUT2D eigenvalue weighted by Crippen LogP contribution is 1.90. The Morgan fingerprint density at radius 3 is 2.38 bits per heavy atom. The van der Waals surface area contributed by atoms with Crippen molar-refractivity contribution < 1.29 is 19.4 Å². The van der Waals surface area contributed by atoms with Gasteiger partial charge in [0, 0.05) is 6.54 Å². The van der Waals surface area contributed by atoms with Crippen LogP contribution in [0.4, 0.5) is 4.79 Å². The number of hydrogen-bond acceptors (Lipinski definition) is 4. The number of aliphatic carboxylic acids is 1. The van der Waals surface area contributed by atoms with Gasteiger partial charge in [0.15, 0.2) is 0 Å². The predicted octanol–water partition coefficient (Wildman–Crippen LogP) is -0.467. The van der Waals surface area contributed by atoms with Gasteiger partial charge in [-0.1, -0.05) is 0 Å². The summed E-state index contributed by atoms with van der Waals surface area (Å²) in [6.07, 6.45) is -1.06. The summed E-state index contributed by atoms with van der Waals surface area (Å²) in [5.74, 6) is -1.18. The zero-order valence-corrected chi connectivity index (χ0v) is 7.61. The maximum absolute atomic E-state index is 10.9. The van der Waals surface area contributed by atoms with Crippen LogP contribution in [-0.2, 0) is 9.53 Å². The van der Waals surface area contributed by atoms with Crippen LogP contribution in [0.1, 0.15) is 13.8 Å². The van der Waals surface area contributed by atoms with E-state index in [4.69, 9.17) is 10.8 Å². The predicted molar refractivity (Wildman–Crippen MR) is 45.2 cm³/mol. The first-order chi connectivity index (χ1) is 5.97. The molecule has 0 saturated carbocycles. The van der Waals surface area contributed by atoms with Crippen LogP contribution < -0.4 is 11.1 Å². The largest absolute Gasteiger partial charge is 0.480 e. The molecule has 0 saturated heterocycles. The average Bonchev–Trinajstić information content (AvgIpc) is 1.98. The van der Waals surface area contributed by atoms with Crippen molar-refractivity contribution in [3.8, 4) is 0 Å². The topological polar surface area (TPSA) is 102 Å². The summed E-state index contributed by atoms with van der Waals surface area (Å²) in [7, 11) is 0. The molecule has 76 valence electrons. The van der Waals surface area contributed by atoms with E-state index in [0.29, 0.717) is 0 Å². The molecule has 0 bridgehead atoms. The molecule has 0 spiro atoms.